The van der Waals surface area contributed by atoms with Crippen molar-refractivity contribution >= 4 is 0 Å². The van der Waals surface area contributed by atoms with E-state index in [1.807, 2.05) is 0 Å². The fraction of sp³-hybridized carbons (Fsp3) is 1.00. The standard InChI is InChI=1S/C13H25N3/c14-10-3-1-8-5-9-2-4-11(15)7-13(9)16-12(8)6-10/h8-13,16H,1-7,14-15H2. The lowest BCUT2D eigenvalue weighted by Gasteiger charge is -2.49. The molecule has 0 amide bonds. The Morgan fingerprint density at radius 1 is 0.688 bits per heavy atom. The molecule has 0 aromatic carbocycles. The van der Waals surface area contributed by atoms with Crippen molar-refractivity contribution in [2.45, 2.75) is 69.1 Å². The van der Waals surface area contributed by atoms with Crippen LogP contribution in [0, 0.1) is 11.8 Å². The molecule has 3 fully saturated rings. The number of fused-ring (bicyclic) bond motifs is 2. The minimum Gasteiger partial charge on any atom is -0.328 e. The summed E-state index contributed by atoms with van der Waals surface area (Å²) in [7, 11) is 0. The molecule has 3 rings (SSSR count). The van der Waals surface area contributed by atoms with Crippen LogP contribution < -0.4 is 16.8 Å². The van der Waals surface area contributed by atoms with E-state index in [0.29, 0.717) is 24.2 Å². The van der Waals surface area contributed by atoms with Crippen LogP contribution in [0.1, 0.15) is 44.9 Å². The number of nitrogens with two attached hydrogens (primary N) is 2. The molecule has 3 heteroatoms. The Morgan fingerprint density at radius 3 is 1.69 bits per heavy atom. The summed E-state index contributed by atoms with van der Waals surface area (Å²) in [5.41, 5.74) is 12.1. The van der Waals surface area contributed by atoms with Crippen LogP contribution in [0.4, 0.5) is 0 Å². The van der Waals surface area contributed by atoms with Crippen LogP contribution in [0.15, 0.2) is 0 Å². The SMILES string of the molecule is NC1CCC2CC3CCC(N)CC3NC2C1. The van der Waals surface area contributed by atoms with Crippen LogP contribution in [0.5, 0.6) is 0 Å². The van der Waals surface area contributed by atoms with Crippen molar-refractivity contribution in [1.29, 1.82) is 0 Å². The summed E-state index contributed by atoms with van der Waals surface area (Å²) in [5, 5.41) is 3.86. The fourth-order valence-corrected chi connectivity index (χ4v) is 4.17. The van der Waals surface area contributed by atoms with E-state index in [9.17, 15) is 0 Å². The zero-order valence-corrected chi connectivity index (χ0v) is 10.1. The maximum Gasteiger partial charge on any atom is 0.0113 e. The van der Waals surface area contributed by atoms with Gasteiger partial charge in [-0.1, -0.05) is 0 Å². The smallest absolute Gasteiger partial charge is 0.0113 e. The number of hydrogen-bond donors (Lipinski definition) is 3. The normalized spacial score (nSPS) is 52.9. The van der Waals surface area contributed by atoms with Crippen LogP contribution in [-0.2, 0) is 0 Å². The second-order valence-corrected chi connectivity index (χ2v) is 6.28. The van der Waals surface area contributed by atoms with Gasteiger partial charge in [0.1, 0.15) is 0 Å². The maximum atomic E-state index is 6.07. The Balaban J connectivity index is 1.67. The molecule has 1 saturated heterocycles. The third-order valence-corrected chi connectivity index (χ3v) is 5.10. The number of piperidine rings is 1. The van der Waals surface area contributed by atoms with Gasteiger partial charge >= 0.3 is 0 Å². The first kappa shape index (κ1) is 11.0. The van der Waals surface area contributed by atoms with Crippen molar-refractivity contribution in [3.8, 4) is 0 Å². The molecule has 0 aromatic rings. The Bertz CT molecular complexity index is 232. The van der Waals surface area contributed by atoms with E-state index in [1.54, 1.807) is 0 Å². The molecule has 92 valence electrons. The second-order valence-electron chi connectivity index (χ2n) is 6.28. The molecule has 16 heavy (non-hydrogen) atoms. The highest BCUT2D eigenvalue weighted by Gasteiger charge is 2.41. The molecule has 6 unspecified atom stereocenters. The Morgan fingerprint density at radius 2 is 1.19 bits per heavy atom. The molecule has 3 nitrogen and oxygen atoms in total. The van der Waals surface area contributed by atoms with E-state index in [1.165, 1.54) is 44.9 Å². The van der Waals surface area contributed by atoms with Crippen LogP contribution in [-0.4, -0.2) is 24.2 Å². The van der Waals surface area contributed by atoms with Gasteiger partial charge in [0.2, 0.25) is 0 Å². The number of nitrogens with one attached hydrogen (secondary N) is 1. The summed E-state index contributed by atoms with van der Waals surface area (Å²) in [6.07, 6.45) is 8.95. The Kier molecular flexibility index (Phi) is 2.94. The van der Waals surface area contributed by atoms with Crippen molar-refractivity contribution in [3.05, 3.63) is 0 Å². The quantitative estimate of drug-likeness (QED) is 0.573. The molecule has 2 aliphatic carbocycles. The highest BCUT2D eigenvalue weighted by atomic mass is 15.0. The van der Waals surface area contributed by atoms with Crippen molar-refractivity contribution in [2.75, 3.05) is 0 Å². The van der Waals surface area contributed by atoms with Gasteiger partial charge in [-0.05, 0) is 56.8 Å². The monoisotopic (exact) mass is 223 g/mol. The van der Waals surface area contributed by atoms with Gasteiger partial charge in [-0.2, -0.15) is 0 Å². The second kappa shape index (κ2) is 4.28. The minimum atomic E-state index is 0.433. The lowest BCUT2D eigenvalue weighted by atomic mass is 9.68. The molecular weight excluding hydrogens is 198 g/mol. The molecule has 0 spiro atoms. The van der Waals surface area contributed by atoms with E-state index < -0.39 is 0 Å². The van der Waals surface area contributed by atoms with E-state index in [4.69, 9.17) is 11.5 Å². The van der Waals surface area contributed by atoms with Gasteiger partial charge in [0.05, 0.1) is 0 Å². The third kappa shape index (κ3) is 2.01. The van der Waals surface area contributed by atoms with Crippen molar-refractivity contribution in [1.82, 2.24) is 5.32 Å². The predicted molar refractivity (Wildman–Crippen MR) is 66.0 cm³/mol. The molecule has 0 radical (unpaired) electrons. The molecule has 3 aliphatic rings. The molecule has 1 aliphatic heterocycles. The van der Waals surface area contributed by atoms with E-state index in [2.05, 4.69) is 5.32 Å². The largest absolute Gasteiger partial charge is 0.328 e. The average molecular weight is 223 g/mol. The summed E-state index contributed by atoms with van der Waals surface area (Å²) >= 11 is 0. The first-order valence-corrected chi connectivity index (χ1v) is 6.99. The van der Waals surface area contributed by atoms with Gasteiger partial charge in [-0.3, -0.25) is 0 Å². The third-order valence-electron chi connectivity index (χ3n) is 5.10. The summed E-state index contributed by atoms with van der Waals surface area (Å²) < 4.78 is 0. The van der Waals surface area contributed by atoms with Gasteiger partial charge in [0, 0.05) is 24.2 Å². The lowest BCUT2D eigenvalue weighted by Crippen LogP contribution is -2.58. The summed E-state index contributed by atoms with van der Waals surface area (Å²) in [4.78, 5) is 0. The molecular formula is C13H25N3. The molecule has 5 N–H and O–H groups in total. The van der Waals surface area contributed by atoms with Crippen molar-refractivity contribution < 1.29 is 0 Å². The maximum absolute atomic E-state index is 6.07. The van der Waals surface area contributed by atoms with Gasteiger partial charge in [-0.15, -0.1) is 0 Å². The highest BCUT2D eigenvalue weighted by Crippen LogP contribution is 2.39. The van der Waals surface area contributed by atoms with Crippen LogP contribution in [0.3, 0.4) is 0 Å². The molecule has 1 heterocycles. The van der Waals surface area contributed by atoms with Crippen LogP contribution in [0.25, 0.3) is 0 Å². The fourth-order valence-electron chi connectivity index (χ4n) is 4.17. The van der Waals surface area contributed by atoms with Crippen LogP contribution >= 0.6 is 0 Å². The van der Waals surface area contributed by atoms with Crippen molar-refractivity contribution in [2.24, 2.45) is 23.3 Å². The molecule has 2 saturated carbocycles. The minimum absolute atomic E-state index is 0.433. The first-order valence-electron chi connectivity index (χ1n) is 6.99. The number of rotatable bonds is 0. The summed E-state index contributed by atoms with van der Waals surface area (Å²) in [6, 6.07) is 2.25. The topological polar surface area (TPSA) is 64.1 Å². The lowest BCUT2D eigenvalue weighted by molar-refractivity contribution is 0.0839. The molecule has 6 atom stereocenters. The summed E-state index contributed by atoms with van der Waals surface area (Å²) in [5.74, 6) is 1.80. The van der Waals surface area contributed by atoms with E-state index in [-0.39, 0.29) is 0 Å². The molecule has 0 aromatic heterocycles. The Labute approximate surface area is 98.3 Å². The zero-order valence-electron chi connectivity index (χ0n) is 10.1. The van der Waals surface area contributed by atoms with Crippen LogP contribution in [0.2, 0.25) is 0 Å². The zero-order chi connectivity index (χ0) is 11.1. The Hall–Kier alpha value is -0.120. The summed E-state index contributed by atoms with van der Waals surface area (Å²) in [6.45, 7) is 0. The van der Waals surface area contributed by atoms with E-state index in [0.717, 1.165) is 11.8 Å². The molecule has 0 bridgehead atoms. The van der Waals surface area contributed by atoms with Gasteiger partial charge in [-0.25, -0.2) is 0 Å². The van der Waals surface area contributed by atoms with Gasteiger partial charge in [0.25, 0.3) is 0 Å². The first-order chi connectivity index (χ1) is 7.72. The van der Waals surface area contributed by atoms with Crippen molar-refractivity contribution in [3.63, 3.8) is 0 Å². The van der Waals surface area contributed by atoms with Gasteiger partial charge in [0.15, 0.2) is 0 Å². The predicted octanol–water partition coefficient (Wildman–Crippen LogP) is 0.972. The van der Waals surface area contributed by atoms with E-state index >= 15 is 0 Å². The average Bonchev–Trinajstić information content (AvgIpc) is 2.26. The van der Waals surface area contributed by atoms with Gasteiger partial charge < -0.3 is 16.8 Å². The highest BCUT2D eigenvalue weighted by molar-refractivity contribution is 4.99. The number of hydrogen-bond acceptors (Lipinski definition) is 3.